The van der Waals surface area contributed by atoms with Crippen molar-refractivity contribution in [2.75, 3.05) is 55.8 Å². The Morgan fingerprint density at radius 3 is 2.56 bits per heavy atom. The number of aromatic nitrogens is 2. The van der Waals surface area contributed by atoms with Crippen LogP contribution in [-0.2, 0) is 11.3 Å². The molecule has 2 saturated heterocycles. The summed E-state index contributed by atoms with van der Waals surface area (Å²) in [4.78, 5) is 4.76. The van der Waals surface area contributed by atoms with Crippen molar-refractivity contribution in [3.63, 3.8) is 0 Å². The summed E-state index contributed by atoms with van der Waals surface area (Å²) < 4.78 is 5.43. The topological polar surface area (TPSA) is 41.5 Å². The van der Waals surface area contributed by atoms with Gasteiger partial charge in [-0.25, -0.2) is 0 Å². The molecule has 4 rings (SSSR count). The number of hydrogen-bond donors (Lipinski definition) is 0. The lowest BCUT2D eigenvalue weighted by molar-refractivity contribution is 0.0342. The van der Waals surface area contributed by atoms with Crippen LogP contribution in [0.25, 0.3) is 11.3 Å². The molecule has 132 valence electrons. The van der Waals surface area contributed by atoms with Crippen molar-refractivity contribution in [1.82, 2.24) is 15.1 Å². The van der Waals surface area contributed by atoms with Crippen LogP contribution in [0.5, 0.6) is 0 Å². The van der Waals surface area contributed by atoms with Crippen molar-refractivity contribution in [2.24, 2.45) is 0 Å². The molecule has 5 nitrogen and oxygen atoms in total. The molecular weight excluding hydrogens is 332 g/mol. The molecule has 0 amide bonds. The molecule has 2 aliphatic rings. The third-order valence-electron chi connectivity index (χ3n) is 4.72. The Bertz CT molecular complexity index is 682. The molecule has 0 N–H and O–H groups in total. The van der Waals surface area contributed by atoms with Gasteiger partial charge in [0.15, 0.2) is 5.82 Å². The number of morpholine rings is 1. The average molecular weight is 356 g/mol. The molecule has 0 atom stereocenters. The summed E-state index contributed by atoms with van der Waals surface area (Å²) >= 11 is 2.01. The lowest BCUT2D eigenvalue weighted by Gasteiger charge is -2.27. The molecule has 1 aromatic heterocycles. The second-order valence-electron chi connectivity index (χ2n) is 6.47. The largest absolute Gasteiger partial charge is 0.379 e. The summed E-state index contributed by atoms with van der Waals surface area (Å²) in [5.41, 5.74) is 3.40. The van der Waals surface area contributed by atoms with Crippen molar-refractivity contribution in [1.29, 1.82) is 0 Å². The van der Waals surface area contributed by atoms with Crippen LogP contribution in [0.2, 0.25) is 0 Å². The molecular formula is C19H24N4OS. The first-order valence-corrected chi connectivity index (χ1v) is 10.1. The van der Waals surface area contributed by atoms with Crippen LogP contribution in [0, 0.1) is 0 Å². The van der Waals surface area contributed by atoms with Crippen LogP contribution in [-0.4, -0.2) is 66.0 Å². The number of ether oxygens (including phenoxy) is 1. The van der Waals surface area contributed by atoms with Crippen LogP contribution in [0.1, 0.15) is 5.56 Å². The van der Waals surface area contributed by atoms with E-state index in [1.165, 1.54) is 17.1 Å². The van der Waals surface area contributed by atoms with E-state index in [4.69, 9.17) is 4.74 Å². The molecule has 0 radical (unpaired) electrons. The molecule has 2 aliphatic heterocycles. The van der Waals surface area contributed by atoms with Crippen molar-refractivity contribution in [2.45, 2.75) is 6.54 Å². The first kappa shape index (κ1) is 16.8. The molecule has 0 aliphatic carbocycles. The summed E-state index contributed by atoms with van der Waals surface area (Å²) in [6.07, 6.45) is 0. The highest BCUT2D eigenvalue weighted by Gasteiger charge is 2.14. The second kappa shape index (κ2) is 8.17. The maximum Gasteiger partial charge on any atom is 0.151 e. The van der Waals surface area contributed by atoms with E-state index in [0.717, 1.165) is 63.0 Å². The molecule has 6 heteroatoms. The van der Waals surface area contributed by atoms with Gasteiger partial charge >= 0.3 is 0 Å². The summed E-state index contributed by atoms with van der Waals surface area (Å²) in [5, 5.41) is 8.94. The van der Waals surface area contributed by atoms with E-state index in [1.807, 2.05) is 11.8 Å². The third kappa shape index (κ3) is 4.32. The van der Waals surface area contributed by atoms with Crippen molar-refractivity contribution in [3.05, 3.63) is 42.0 Å². The smallest absolute Gasteiger partial charge is 0.151 e. The van der Waals surface area contributed by atoms with E-state index in [0.29, 0.717) is 0 Å². The van der Waals surface area contributed by atoms with Gasteiger partial charge in [0.25, 0.3) is 0 Å². The zero-order valence-electron chi connectivity index (χ0n) is 14.4. The van der Waals surface area contributed by atoms with Gasteiger partial charge < -0.3 is 9.64 Å². The van der Waals surface area contributed by atoms with E-state index in [1.54, 1.807) is 0 Å². The predicted molar refractivity (Wildman–Crippen MR) is 103 cm³/mol. The first-order chi connectivity index (χ1) is 12.4. The van der Waals surface area contributed by atoms with E-state index in [2.05, 4.69) is 56.4 Å². The average Bonchev–Trinajstić information content (AvgIpc) is 2.70. The zero-order chi connectivity index (χ0) is 16.9. The Morgan fingerprint density at radius 1 is 0.960 bits per heavy atom. The van der Waals surface area contributed by atoms with Gasteiger partial charge in [-0.2, -0.15) is 11.8 Å². The third-order valence-corrected chi connectivity index (χ3v) is 5.66. The number of anilines is 1. The minimum absolute atomic E-state index is 0.835. The molecule has 2 aromatic rings. The van der Waals surface area contributed by atoms with Crippen LogP contribution in [0.15, 0.2) is 36.4 Å². The summed E-state index contributed by atoms with van der Waals surface area (Å²) in [6, 6.07) is 12.8. The highest BCUT2D eigenvalue weighted by molar-refractivity contribution is 7.99. The second-order valence-corrected chi connectivity index (χ2v) is 7.69. The zero-order valence-corrected chi connectivity index (χ0v) is 15.2. The predicted octanol–water partition coefficient (Wildman–Crippen LogP) is 2.53. The Kier molecular flexibility index (Phi) is 5.49. The van der Waals surface area contributed by atoms with Gasteiger partial charge in [0.05, 0.1) is 18.9 Å². The molecule has 3 heterocycles. The number of nitrogens with zero attached hydrogens (tertiary/aromatic N) is 4. The fraction of sp³-hybridized carbons (Fsp3) is 0.474. The van der Waals surface area contributed by atoms with E-state index in [9.17, 15) is 0 Å². The normalized spacial score (nSPS) is 19.1. The Hall–Kier alpha value is -1.63. The summed E-state index contributed by atoms with van der Waals surface area (Å²) in [5.74, 6) is 3.34. The fourth-order valence-corrected chi connectivity index (χ4v) is 4.19. The lowest BCUT2D eigenvalue weighted by atomic mass is 10.1. The van der Waals surface area contributed by atoms with Crippen LogP contribution < -0.4 is 4.90 Å². The molecule has 0 bridgehead atoms. The Morgan fingerprint density at radius 2 is 1.80 bits per heavy atom. The Labute approximate surface area is 153 Å². The number of benzene rings is 1. The van der Waals surface area contributed by atoms with Gasteiger partial charge in [-0.15, -0.1) is 10.2 Å². The van der Waals surface area contributed by atoms with Gasteiger partial charge in [-0.05, 0) is 23.8 Å². The fourth-order valence-electron chi connectivity index (χ4n) is 3.29. The quantitative estimate of drug-likeness (QED) is 0.839. The van der Waals surface area contributed by atoms with Gasteiger partial charge in [-0.1, -0.05) is 18.2 Å². The highest BCUT2D eigenvalue weighted by atomic mass is 32.2. The molecule has 25 heavy (non-hydrogen) atoms. The monoisotopic (exact) mass is 356 g/mol. The molecule has 0 spiro atoms. The first-order valence-electron chi connectivity index (χ1n) is 8.94. The van der Waals surface area contributed by atoms with Gasteiger partial charge in [-0.3, -0.25) is 4.90 Å². The number of thioether (sulfide) groups is 1. The van der Waals surface area contributed by atoms with Gasteiger partial charge in [0.1, 0.15) is 0 Å². The minimum Gasteiger partial charge on any atom is -0.379 e. The Balaban J connectivity index is 1.46. The van der Waals surface area contributed by atoms with Gasteiger partial charge in [0.2, 0.25) is 0 Å². The van der Waals surface area contributed by atoms with Crippen LogP contribution >= 0.6 is 11.8 Å². The van der Waals surface area contributed by atoms with Crippen molar-refractivity contribution in [3.8, 4) is 11.3 Å². The molecule has 1 aromatic carbocycles. The van der Waals surface area contributed by atoms with Gasteiger partial charge in [0, 0.05) is 49.8 Å². The maximum absolute atomic E-state index is 5.43. The lowest BCUT2D eigenvalue weighted by Crippen LogP contribution is -2.35. The summed E-state index contributed by atoms with van der Waals surface area (Å²) in [7, 11) is 0. The molecule has 0 unspecified atom stereocenters. The standard InChI is InChI=1S/C19H24N4OS/c1-2-16(15-22-6-10-24-11-7-22)14-17(3-1)18-4-5-19(21-20-18)23-8-12-25-13-9-23/h1-5,14H,6-13,15H2. The van der Waals surface area contributed by atoms with E-state index < -0.39 is 0 Å². The number of rotatable bonds is 4. The molecule has 2 fully saturated rings. The number of hydrogen-bond acceptors (Lipinski definition) is 6. The van der Waals surface area contributed by atoms with Crippen molar-refractivity contribution >= 4 is 17.6 Å². The molecule has 0 saturated carbocycles. The van der Waals surface area contributed by atoms with Crippen LogP contribution in [0.3, 0.4) is 0 Å². The van der Waals surface area contributed by atoms with Crippen LogP contribution in [0.4, 0.5) is 5.82 Å². The minimum atomic E-state index is 0.835. The van der Waals surface area contributed by atoms with Crippen molar-refractivity contribution < 1.29 is 4.74 Å². The van der Waals surface area contributed by atoms with E-state index >= 15 is 0 Å². The summed E-state index contributed by atoms with van der Waals surface area (Å²) in [6.45, 7) is 6.78. The maximum atomic E-state index is 5.43. The SMILES string of the molecule is c1cc(CN2CCOCC2)cc(-c2ccc(N3CCSCC3)nn2)c1. The highest BCUT2D eigenvalue weighted by Crippen LogP contribution is 2.22. The van der Waals surface area contributed by atoms with E-state index in [-0.39, 0.29) is 0 Å².